The molecule has 0 fully saturated rings. The van der Waals surface area contributed by atoms with Crippen LogP contribution in [0.5, 0.6) is 0 Å². The molecule has 4 aromatic heterocycles. The molecule has 0 aliphatic carbocycles. The van der Waals surface area contributed by atoms with Crippen LogP contribution >= 0.6 is 0 Å². The first kappa shape index (κ1) is 20.6. The van der Waals surface area contributed by atoms with Crippen molar-refractivity contribution in [2.24, 2.45) is 7.05 Å². The average molecular weight is 443 g/mol. The molecule has 33 heavy (non-hydrogen) atoms. The molecule has 0 aliphatic heterocycles. The van der Waals surface area contributed by atoms with Gasteiger partial charge in [-0.05, 0) is 48.4 Å². The van der Waals surface area contributed by atoms with Crippen LogP contribution in [0.2, 0.25) is 0 Å². The molecular formula is C24H22FN7O. The number of benzene rings is 1. The summed E-state index contributed by atoms with van der Waals surface area (Å²) >= 11 is 0. The first-order chi connectivity index (χ1) is 15.9. The Balaban J connectivity index is 1.50. The number of hydrogen-bond acceptors (Lipinski definition) is 5. The van der Waals surface area contributed by atoms with Gasteiger partial charge in [0.25, 0.3) is 5.91 Å². The molecule has 0 bridgehead atoms. The van der Waals surface area contributed by atoms with E-state index in [4.69, 9.17) is 0 Å². The number of aryl methyl sites for hydroxylation is 1. The largest absolute Gasteiger partial charge is 0.356 e. The zero-order chi connectivity index (χ0) is 23.1. The highest BCUT2D eigenvalue weighted by Crippen LogP contribution is 2.27. The summed E-state index contributed by atoms with van der Waals surface area (Å²) in [5, 5.41) is 10.9. The van der Waals surface area contributed by atoms with E-state index in [1.165, 1.54) is 12.1 Å². The fraction of sp³-hybridized carbons (Fsp3) is 0.167. The molecule has 0 radical (unpaired) electrons. The third kappa shape index (κ3) is 3.78. The number of carbonyl (C=O) groups is 1. The second-order valence-corrected chi connectivity index (χ2v) is 7.90. The Hall–Kier alpha value is -4.27. The number of pyridine rings is 2. The summed E-state index contributed by atoms with van der Waals surface area (Å²) in [6.07, 6.45) is 5.37. The van der Waals surface area contributed by atoms with Gasteiger partial charge in [0, 0.05) is 43.6 Å². The number of carbonyl (C=O) groups excluding carboxylic acids is 1. The molecule has 5 rings (SSSR count). The number of hydrogen-bond donors (Lipinski definition) is 2. The topological polar surface area (TPSA) is 89.1 Å². The van der Waals surface area contributed by atoms with Crippen molar-refractivity contribution in [2.45, 2.75) is 13.0 Å². The average Bonchev–Trinajstić information content (AvgIpc) is 3.39. The van der Waals surface area contributed by atoms with Crippen molar-refractivity contribution < 1.29 is 9.18 Å². The summed E-state index contributed by atoms with van der Waals surface area (Å²) in [6, 6.07) is 11.7. The predicted molar refractivity (Wildman–Crippen MR) is 125 cm³/mol. The summed E-state index contributed by atoms with van der Waals surface area (Å²) in [6.45, 7) is 1.83. The molecule has 1 aromatic carbocycles. The van der Waals surface area contributed by atoms with E-state index in [-0.39, 0.29) is 17.8 Å². The Morgan fingerprint density at radius 1 is 1.15 bits per heavy atom. The van der Waals surface area contributed by atoms with Crippen LogP contribution in [0.1, 0.15) is 28.9 Å². The van der Waals surface area contributed by atoms with Crippen LogP contribution in [-0.2, 0) is 7.05 Å². The number of fused-ring (bicyclic) bond motifs is 2. The molecule has 8 nitrogen and oxygen atoms in total. The van der Waals surface area contributed by atoms with Crippen molar-refractivity contribution in [1.29, 1.82) is 0 Å². The van der Waals surface area contributed by atoms with Gasteiger partial charge in [-0.25, -0.2) is 13.9 Å². The molecule has 2 N–H and O–H groups in total. The van der Waals surface area contributed by atoms with Gasteiger partial charge in [-0.1, -0.05) is 12.1 Å². The molecule has 0 aliphatic rings. The lowest BCUT2D eigenvalue weighted by Crippen LogP contribution is -2.26. The summed E-state index contributed by atoms with van der Waals surface area (Å²) in [5.74, 6) is -0.0443. The van der Waals surface area contributed by atoms with E-state index in [1.54, 1.807) is 36.1 Å². The van der Waals surface area contributed by atoms with Crippen molar-refractivity contribution in [3.05, 3.63) is 78.0 Å². The molecule has 4 heterocycles. The van der Waals surface area contributed by atoms with Crippen LogP contribution in [0.25, 0.3) is 27.8 Å². The summed E-state index contributed by atoms with van der Waals surface area (Å²) < 4.78 is 17.1. The number of halogens is 1. The standard InChI is InChI=1S/C24H22FN7O/c1-14(15-5-4-6-18(25)9-15)28-23(33)20-13-31(3)22-19(20)10-17(12-27-22)16-7-8-32-21(11-16)29-24(26-2)30-32/h4-14H,1-3H3,(H,26,30)(H,28,33). The minimum absolute atomic E-state index is 0.247. The Labute approximate surface area is 189 Å². The Morgan fingerprint density at radius 2 is 2.00 bits per heavy atom. The lowest BCUT2D eigenvalue weighted by Gasteiger charge is -2.14. The minimum atomic E-state index is -0.351. The zero-order valence-electron chi connectivity index (χ0n) is 18.4. The maximum absolute atomic E-state index is 13.6. The van der Waals surface area contributed by atoms with Crippen molar-refractivity contribution in [1.82, 2.24) is 29.5 Å². The minimum Gasteiger partial charge on any atom is -0.356 e. The van der Waals surface area contributed by atoms with E-state index >= 15 is 0 Å². The number of nitrogens with one attached hydrogen (secondary N) is 2. The highest BCUT2D eigenvalue weighted by Gasteiger charge is 2.18. The molecule has 5 aromatic rings. The van der Waals surface area contributed by atoms with Gasteiger partial charge in [0.15, 0.2) is 5.65 Å². The molecule has 166 valence electrons. The van der Waals surface area contributed by atoms with E-state index in [0.29, 0.717) is 28.4 Å². The molecule has 9 heteroatoms. The quantitative estimate of drug-likeness (QED) is 0.429. The van der Waals surface area contributed by atoms with Gasteiger partial charge < -0.3 is 15.2 Å². The highest BCUT2D eigenvalue weighted by molar-refractivity contribution is 6.07. The SMILES string of the molecule is CNc1nc2cc(-c3cnc4c(c3)c(C(=O)NC(C)c3cccc(F)c3)cn4C)ccn2n1. The van der Waals surface area contributed by atoms with Gasteiger partial charge in [0.2, 0.25) is 5.95 Å². The molecule has 1 amide bonds. The molecule has 0 saturated carbocycles. The number of nitrogens with zero attached hydrogens (tertiary/aromatic N) is 5. The van der Waals surface area contributed by atoms with Crippen LogP contribution in [0.3, 0.4) is 0 Å². The van der Waals surface area contributed by atoms with Crippen LogP contribution in [-0.4, -0.2) is 37.1 Å². The van der Waals surface area contributed by atoms with Crippen molar-refractivity contribution in [3.63, 3.8) is 0 Å². The number of amides is 1. The normalized spacial score (nSPS) is 12.2. The van der Waals surface area contributed by atoms with Gasteiger partial charge in [0.05, 0.1) is 11.6 Å². The Morgan fingerprint density at radius 3 is 2.79 bits per heavy atom. The van der Waals surface area contributed by atoms with E-state index in [9.17, 15) is 9.18 Å². The third-order valence-electron chi connectivity index (χ3n) is 5.65. The predicted octanol–water partition coefficient (Wildman–Crippen LogP) is 3.95. The maximum atomic E-state index is 13.6. The fourth-order valence-electron chi connectivity index (χ4n) is 3.90. The number of rotatable bonds is 5. The lowest BCUT2D eigenvalue weighted by molar-refractivity contribution is 0.0941. The highest BCUT2D eigenvalue weighted by atomic mass is 19.1. The Bertz CT molecular complexity index is 1500. The van der Waals surface area contributed by atoms with Crippen LogP contribution in [0.4, 0.5) is 10.3 Å². The van der Waals surface area contributed by atoms with Gasteiger partial charge >= 0.3 is 0 Å². The first-order valence-corrected chi connectivity index (χ1v) is 10.5. The van der Waals surface area contributed by atoms with Gasteiger partial charge in [-0.15, -0.1) is 5.10 Å². The Kier molecular flexibility index (Phi) is 5.01. The van der Waals surface area contributed by atoms with E-state index in [2.05, 4.69) is 25.7 Å². The lowest BCUT2D eigenvalue weighted by atomic mass is 10.1. The number of anilines is 1. The van der Waals surface area contributed by atoms with Crippen molar-refractivity contribution >= 4 is 28.5 Å². The van der Waals surface area contributed by atoms with Gasteiger partial charge in [-0.3, -0.25) is 4.79 Å². The molecule has 0 spiro atoms. The van der Waals surface area contributed by atoms with E-state index in [0.717, 1.165) is 16.5 Å². The maximum Gasteiger partial charge on any atom is 0.253 e. The summed E-state index contributed by atoms with van der Waals surface area (Å²) in [5.41, 5.74) is 4.37. The summed E-state index contributed by atoms with van der Waals surface area (Å²) in [7, 11) is 3.62. The molecule has 0 saturated heterocycles. The van der Waals surface area contributed by atoms with Crippen LogP contribution < -0.4 is 10.6 Å². The second kappa shape index (κ2) is 8.01. The smallest absolute Gasteiger partial charge is 0.253 e. The van der Waals surface area contributed by atoms with Gasteiger partial charge in [-0.2, -0.15) is 4.98 Å². The third-order valence-corrected chi connectivity index (χ3v) is 5.65. The second-order valence-electron chi connectivity index (χ2n) is 7.90. The van der Waals surface area contributed by atoms with E-state index in [1.807, 2.05) is 42.9 Å². The fourth-order valence-corrected chi connectivity index (χ4v) is 3.90. The van der Waals surface area contributed by atoms with Crippen molar-refractivity contribution in [3.8, 4) is 11.1 Å². The zero-order valence-corrected chi connectivity index (χ0v) is 18.4. The molecular weight excluding hydrogens is 421 g/mol. The summed E-state index contributed by atoms with van der Waals surface area (Å²) in [4.78, 5) is 22.1. The molecule has 1 atom stereocenters. The van der Waals surface area contributed by atoms with Gasteiger partial charge in [0.1, 0.15) is 11.5 Å². The first-order valence-electron chi connectivity index (χ1n) is 10.5. The molecule has 1 unspecified atom stereocenters. The van der Waals surface area contributed by atoms with Crippen molar-refractivity contribution in [2.75, 3.05) is 12.4 Å². The van der Waals surface area contributed by atoms with E-state index < -0.39 is 0 Å². The number of aromatic nitrogens is 5. The van der Waals surface area contributed by atoms with Crippen LogP contribution in [0, 0.1) is 5.82 Å². The monoisotopic (exact) mass is 443 g/mol. The van der Waals surface area contributed by atoms with Crippen LogP contribution in [0.15, 0.2) is 61.1 Å².